The van der Waals surface area contributed by atoms with Crippen molar-refractivity contribution >= 4 is 33.4 Å². The van der Waals surface area contributed by atoms with E-state index in [1.165, 1.54) is 7.11 Å². The van der Waals surface area contributed by atoms with Crippen LogP contribution in [0.15, 0.2) is 10.7 Å². The number of methoxy groups -OCH3 is 1. The summed E-state index contributed by atoms with van der Waals surface area (Å²) in [4.78, 5) is 15.3. The first kappa shape index (κ1) is 12.8. The molecule has 3 N–H and O–H groups in total. The number of hydrogen-bond donors (Lipinski definition) is 2. The molecule has 16 heavy (non-hydrogen) atoms. The number of pyridine rings is 1. The quantitative estimate of drug-likeness (QED) is 0.828. The Bertz CT molecular complexity index is 409. The average Bonchev–Trinajstić information content (AvgIpc) is 2.28. The number of anilines is 2. The summed E-state index contributed by atoms with van der Waals surface area (Å²) < 4.78 is 5.36. The number of rotatable bonds is 3. The van der Waals surface area contributed by atoms with E-state index in [-0.39, 0.29) is 5.97 Å². The van der Waals surface area contributed by atoms with Crippen LogP contribution >= 0.6 is 15.9 Å². The maximum absolute atomic E-state index is 11.2. The smallest absolute Gasteiger partial charge is 0.328 e. The molecule has 0 bridgehead atoms. The Morgan fingerprint density at radius 2 is 2.31 bits per heavy atom. The Morgan fingerprint density at radius 1 is 1.69 bits per heavy atom. The fourth-order valence-corrected chi connectivity index (χ4v) is 1.58. The van der Waals surface area contributed by atoms with Crippen LogP contribution in [0.25, 0.3) is 0 Å². The van der Waals surface area contributed by atoms with Crippen LogP contribution in [0.1, 0.15) is 12.5 Å². The van der Waals surface area contributed by atoms with Gasteiger partial charge < -0.3 is 15.8 Å². The summed E-state index contributed by atoms with van der Waals surface area (Å²) in [6.07, 6.45) is 1.55. The minimum atomic E-state index is -0.461. The molecule has 0 saturated carbocycles. The van der Waals surface area contributed by atoms with E-state index in [9.17, 15) is 4.79 Å². The summed E-state index contributed by atoms with van der Waals surface area (Å²) in [6.45, 7) is 3.57. The van der Waals surface area contributed by atoms with Gasteiger partial charge in [-0.3, -0.25) is 0 Å². The van der Waals surface area contributed by atoms with Crippen LogP contribution < -0.4 is 11.1 Å². The Balaban J connectivity index is 2.90. The third-order valence-electron chi connectivity index (χ3n) is 2.21. The highest BCUT2D eigenvalue weighted by Crippen LogP contribution is 2.27. The molecule has 1 heterocycles. The summed E-state index contributed by atoms with van der Waals surface area (Å²) in [5.74, 6) is 0.229. The lowest BCUT2D eigenvalue weighted by Gasteiger charge is -2.14. The van der Waals surface area contributed by atoms with Gasteiger partial charge in [-0.2, -0.15) is 0 Å². The molecule has 1 aromatic rings. The Labute approximate surface area is 103 Å². The van der Waals surface area contributed by atoms with Crippen LogP contribution in [0.3, 0.4) is 0 Å². The largest absolute Gasteiger partial charge is 0.467 e. The normalized spacial score (nSPS) is 12.0. The van der Waals surface area contributed by atoms with E-state index in [4.69, 9.17) is 5.73 Å². The van der Waals surface area contributed by atoms with Gasteiger partial charge in [0.15, 0.2) is 0 Å². The molecule has 0 aliphatic carbocycles. The molecule has 0 amide bonds. The molecule has 6 heteroatoms. The number of halogens is 1. The van der Waals surface area contributed by atoms with Crippen molar-refractivity contribution in [3.05, 3.63) is 16.2 Å². The van der Waals surface area contributed by atoms with Crippen LogP contribution in [-0.4, -0.2) is 24.1 Å². The molecule has 1 rings (SSSR count). The molecular formula is C10H14BrN3O2. The number of nitrogens with one attached hydrogen (secondary N) is 1. The number of esters is 1. The van der Waals surface area contributed by atoms with Crippen LogP contribution in [0.2, 0.25) is 0 Å². The molecule has 0 saturated heterocycles. The number of nitrogens with zero attached hydrogens (tertiary/aromatic N) is 1. The molecule has 88 valence electrons. The number of nitrogen functional groups attached to an aromatic ring is 1. The maximum atomic E-state index is 11.2. The molecular weight excluding hydrogens is 274 g/mol. The van der Waals surface area contributed by atoms with Crippen LogP contribution in [-0.2, 0) is 9.53 Å². The van der Waals surface area contributed by atoms with Gasteiger partial charge in [-0.1, -0.05) is 0 Å². The lowest BCUT2D eigenvalue weighted by molar-refractivity contribution is -0.141. The zero-order valence-corrected chi connectivity index (χ0v) is 11.0. The van der Waals surface area contributed by atoms with Gasteiger partial charge in [-0.15, -0.1) is 0 Å². The minimum Gasteiger partial charge on any atom is -0.467 e. The van der Waals surface area contributed by atoms with Crippen molar-refractivity contribution in [3.63, 3.8) is 0 Å². The second kappa shape index (κ2) is 5.16. The van der Waals surface area contributed by atoms with E-state index in [0.29, 0.717) is 11.5 Å². The SMILES string of the molecule is COC(=O)C(C)Nc1ncc(N)c(C)c1Br. The first-order valence-electron chi connectivity index (χ1n) is 4.72. The van der Waals surface area contributed by atoms with Crippen molar-refractivity contribution < 1.29 is 9.53 Å². The van der Waals surface area contributed by atoms with Crippen molar-refractivity contribution in [2.24, 2.45) is 0 Å². The summed E-state index contributed by atoms with van der Waals surface area (Å²) in [7, 11) is 1.34. The number of hydrogen-bond acceptors (Lipinski definition) is 5. The number of aromatic nitrogens is 1. The fraction of sp³-hybridized carbons (Fsp3) is 0.400. The Kier molecular flexibility index (Phi) is 4.12. The lowest BCUT2D eigenvalue weighted by atomic mass is 10.2. The molecule has 1 unspecified atom stereocenters. The average molecular weight is 288 g/mol. The van der Waals surface area contributed by atoms with Crippen molar-refractivity contribution in [1.29, 1.82) is 0 Å². The van der Waals surface area contributed by atoms with Crippen LogP contribution in [0.4, 0.5) is 11.5 Å². The summed E-state index contributed by atoms with van der Waals surface area (Å²) >= 11 is 3.37. The number of carbonyl (C=O) groups is 1. The highest BCUT2D eigenvalue weighted by atomic mass is 79.9. The van der Waals surface area contributed by atoms with Crippen molar-refractivity contribution in [3.8, 4) is 0 Å². The first-order chi connectivity index (χ1) is 7.47. The predicted molar refractivity (Wildman–Crippen MR) is 66.2 cm³/mol. The van der Waals surface area contributed by atoms with E-state index in [0.717, 1.165) is 10.0 Å². The molecule has 1 atom stereocenters. The summed E-state index contributed by atoms with van der Waals surface area (Å²) in [5, 5.41) is 2.94. The summed E-state index contributed by atoms with van der Waals surface area (Å²) in [6, 6.07) is -0.461. The topological polar surface area (TPSA) is 77.2 Å². The van der Waals surface area contributed by atoms with E-state index in [1.807, 2.05) is 6.92 Å². The zero-order valence-electron chi connectivity index (χ0n) is 9.37. The predicted octanol–water partition coefficient (Wildman–Crippen LogP) is 1.71. The molecule has 0 aromatic carbocycles. The Hall–Kier alpha value is -1.30. The van der Waals surface area contributed by atoms with Crippen molar-refractivity contribution in [2.75, 3.05) is 18.2 Å². The third kappa shape index (κ3) is 2.63. The zero-order chi connectivity index (χ0) is 12.3. The molecule has 0 fully saturated rings. The van der Waals surface area contributed by atoms with Gasteiger partial charge in [-0.05, 0) is 35.3 Å². The molecule has 1 aromatic heterocycles. The lowest BCUT2D eigenvalue weighted by Crippen LogP contribution is -2.27. The van der Waals surface area contributed by atoms with Gasteiger partial charge in [0.25, 0.3) is 0 Å². The van der Waals surface area contributed by atoms with Gasteiger partial charge >= 0.3 is 5.97 Å². The number of nitrogens with two attached hydrogens (primary N) is 1. The molecule has 0 aliphatic rings. The van der Waals surface area contributed by atoms with Gasteiger partial charge in [0, 0.05) is 0 Å². The molecule has 0 spiro atoms. The fourth-order valence-electron chi connectivity index (χ4n) is 1.13. The van der Waals surface area contributed by atoms with Crippen molar-refractivity contribution in [2.45, 2.75) is 19.9 Å². The first-order valence-corrected chi connectivity index (χ1v) is 5.51. The van der Waals surface area contributed by atoms with Gasteiger partial charge in [0.2, 0.25) is 0 Å². The highest BCUT2D eigenvalue weighted by molar-refractivity contribution is 9.10. The van der Waals surface area contributed by atoms with Gasteiger partial charge in [-0.25, -0.2) is 9.78 Å². The Morgan fingerprint density at radius 3 is 2.88 bits per heavy atom. The van der Waals surface area contributed by atoms with E-state index >= 15 is 0 Å². The molecule has 0 aliphatic heterocycles. The van der Waals surface area contributed by atoms with Crippen molar-refractivity contribution in [1.82, 2.24) is 4.98 Å². The summed E-state index contributed by atoms with van der Waals surface area (Å²) in [5.41, 5.74) is 7.18. The number of ether oxygens (including phenoxy) is 1. The second-order valence-electron chi connectivity index (χ2n) is 3.39. The molecule has 0 radical (unpaired) electrons. The van der Waals surface area contributed by atoms with E-state index in [1.54, 1.807) is 13.1 Å². The van der Waals surface area contributed by atoms with E-state index < -0.39 is 6.04 Å². The highest BCUT2D eigenvalue weighted by Gasteiger charge is 2.15. The van der Waals surface area contributed by atoms with Gasteiger partial charge in [0.05, 0.1) is 23.5 Å². The standard InChI is InChI=1S/C10H14BrN3O2/c1-5-7(12)4-13-9(8(5)11)14-6(2)10(15)16-3/h4,6H,12H2,1-3H3,(H,13,14). The van der Waals surface area contributed by atoms with Crippen LogP contribution in [0, 0.1) is 6.92 Å². The minimum absolute atomic E-state index is 0.344. The maximum Gasteiger partial charge on any atom is 0.328 e. The monoisotopic (exact) mass is 287 g/mol. The third-order valence-corrected chi connectivity index (χ3v) is 3.18. The van der Waals surface area contributed by atoms with E-state index in [2.05, 4.69) is 31.0 Å². The molecule has 5 nitrogen and oxygen atoms in total. The second-order valence-corrected chi connectivity index (χ2v) is 4.18. The number of carbonyl (C=O) groups excluding carboxylic acids is 1. The van der Waals surface area contributed by atoms with Gasteiger partial charge in [0.1, 0.15) is 11.9 Å². The van der Waals surface area contributed by atoms with Crippen LogP contribution in [0.5, 0.6) is 0 Å².